The van der Waals surface area contributed by atoms with E-state index in [1.54, 1.807) is 18.2 Å². The molecule has 0 unspecified atom stereocenters. The molecule has 2 aromatic carbocycles. The van der Waals surface area contributed by atoms with Crippen molar-refractivity contribution in [2.24, 2.45) is 0 Å². The average molecular weight is 362 g/mol. The number of nitrogens with zero attached hydrogens (tertiary/aromatic N) is 2. The van der Waals surface area contributed by atoms with Crippen molar-refractivity contribution in [3.63, 3.8) is 0 Å². The molecule has 1 saturated heterocycles. The van der Waals surface area contributed by atoms with E-state index in [1.165, 1.54) is 18.2 Å². The quantitative estimate of drug-likeness (QED) is 0.624. The summed E-state index contributed by atoms with van der Waals surface area (Å²) in [6.45, 7) is 1.83. The molecular formula is C21H19FN4O. The zero-order valence-corrected chi connectivity index (χ0v) is 14.7. The van der Waals surface area contributed by atoms with E-state index in [2.05, 4.69) is 26.8 Å². The third-order valence-corrected chi connectivity index (χ3v) is 4.80. The Labute approximate surface area is 156 Å². The minimum Gasteiger partial charge on any atom is -0.507 e. The Morgan fingerprint density at radius 1 is 1.19 bits per heavy atom. The van der Waals surface area contributed by atoms with Crippen LogP contribution < -0.4 is 10.6 Å². The highest BCUT2D eigenvalue weighted by molar-refractivity contribution is 6.01. The monoisotopic (exact) mass is 362 g/mol. The summed E-state index contributed by atoms with van der Waals surface area (Å²) in [6.07, 6.45) is 7.47. The molecule has 3 N–H and O–H groups in total. The van der Waals surface area contributed by atoms with Crippen LogP contribution in [0.2, 0.25) is 0 Å². The molecule has 0 aliphatic carbocycles. The van der Waals surface area contributed by atoms with E-state index >= 15 is 0 Å². The molecule has 1 aliphatic heterocycles. The van der Waals surface area contributed by atoms with E-state index in [-0.39, 0.29) is 17.6 Å². The van der Waals surface area contributed by atoms with Gasteiger partial charge >= 0.3 is 0 Å². The number of aromatic hydroxyl groups is 1. The molecule has 1 fully saturated rings. The third-order valence-electron chi connectivity index (χ3n) is 4.80. The lowest BCUT2D eigenvalue weighted by Gasteiger charge is -2.24. The molecule has 0 saturated carbocycles. The van der Waals surface area contributed by atoms with Crippen molar-refractivity contribution >= 4 is 16.6 Å². The van der Waals surface area contributed by atoms with Crippen molar-refractivity contribution < 1.29 is 9.50 Å². The van der Waals surface area contributed by atoms with Crippen molar-refractivity contribution in [2.45, 2.75) is 18.9 Å². The van der Waals surface area contributed by atoms with E-state index in [0.717, 1.165) is 25.9 Å². The fraction of sp³-hybridized carbons (Fsp3) is 0.238. The van der Waals surface area contributed by atoms with Crippen LogP contribution in [0.25, 0.3) is 22.0 Å². The Balaban J connectivity index is 1.82. The van der Waals surface area contributed by atoms with Crippen LogP contribution >= 0.6 is 0 Å². The summed E-state index contributed by atoms with van der Waals surface area (Å²) in [4.78, 5) is 0. The standard InChI is InChI=1S/C21H19FN4O/c1-2-13-5-7-17(19(27)10-13)20-16-8-6-14(22)11-18(16)21(26-25-20)24-15-4-3-9-23-12-15/h1,5-8,10-11,15,23,27H,3-4,9,12H2,(H,24,26)/t15-/m1/s1. The molecule has 1 atom stereocenters. The summed E-state index contributed by atoms with van der Waals surface area (Å²) in [7, 11) is 0. The Hall–Kier alpha value is -3.17. The SMILES string of the molecule is C#Cc1ccc(-c2nnc(N[C@@H]3CCCNC3)c3cc(F)ccc23)c(O)c1. The van der Waals surface area contributed by atoms with Crippen LogP contribution in [0.3, 0.4) is 0 Å². The van der Waals surface area contributed by atoms with Crippen LogP contribution in [-0.2, 0) is 0 Å². The third kappa shape index (κ3) is 3.42. The number of benzene rings is 2. The highest BCUT2D eigenvalue weighted by atomic mass is 19.1. The fourth-order valence-electron chi connectivity index (χ4n) is 3.42. The van der Waals surface area contributed by atoms with Gasteiger partial charge in [0.15, 0.2) is 5.82 Å². The van der Waals surface area contributed by atoms with Crippen LogP contribution in [-0.4, -0.2) is 34.4 Å². The summed E-state index contributed by atoms with van der Waals surface area (Å²) in [5.74, 6) is 2.69. The van der Waals surface area contributed by atoms with Gasteiger partial charge in [-0.25, -0.2) is 4.39 Å². The number of hydrogen-bond donors (Lipinski definition) is 3. The van der Waals surface area contributed by atoms with Crippen LogP contribution in [0.4, 0.5) is 10.2 Å². The van der Waals surface area contributed by atoms with E-state index in [4.69, 9.17) is 6.42 Å². The number of aromatic nitrogens is 2. The number of phenolic OH excluding ortho intramolecular Hbond substituents is 1. The number of terminal acetylenes is 1. The van der Waals surface area contributed by atoms with Crippen molar-refractivity contribution in [3.8, 4) is 29.4 Å². The number of rotatable bonds is 3. The molecule has 6 heteroatoms. The molecule has 27 heavy (non-hydrogen) atoms. The zero-order chi connectivity index (χ0) is 18.8. The van der Waals surface area contributed by atoms with Gasteiger partial charge in [-0.3, -0.25) is 0 Å². The minimum atomic E-state index is -0.349. The number of fused-ring (bicyclic) bond motifs is 1. The Morgan fingerprint density at radius 2 is 2.07 bits per heavy atom. The number of hydrogen-bond acceptors (Lipinski definition) is 5. The molecular weight excluding hydrogens is 343 g/mol. The average Bonchev–Trinajstić information content (AvgIpc) is 2.69. The minimum absolute atomic E-state index is 0.0163. The van der Waals surface area contributed by atoms with Crippen molar-refractivity contribution in [1.29, 1.82) is 0 Å². The molecule has 5 nitrogen and oxygen atoms in total. The van der Waals surface area contributed by atoms with E-state index in [1.807, 2.05) is 0 Å². The molecule has 1 aliphatic rings. The molecule has 0 spiro atoms. The second kappa shape index (κ2) is 7.22. The first kappa shape index (κ1) is 17.3. The van der Waals surface area contributed by atoms with Gasteiger partial charge in [0.1, 0.15) is 17.3 Å². The maximum atomic E-state index is 13.9. The first-order valence-electron chi connectivity index (χ1n) is 8.89. The molecule has 2 heterocycles. The van der Waals surface area contributed by atoms with Gasteiger partial charge in [0.05, 0.1) is 0 Å². The molecule has 0 radical (unpaired) electrons. The Kier molecular flexibility index (Phi) is 4.61. The summed E-state index contributed by atoms with van der Waals surface area (Å²) >= 11 is 0. The van der Waals surface area contributed by atoms with Crippen molar-refractivity contribution in [1.82, 2.24) is 15.5 Å². The highest BCUT2D eigenvalue weighted by Gasteiger charge is 2.18. The van der Waals surface area contributed by atoms with Gasteiger partial charge in [0, 0.05) is 34.5 Å². The van der Waals surface area contributed by atoms with Crippen molar-refractivity contribution in [3.05, 3.63) is 47.8 Å². The highest BCUT2D eigenvalue weighted by Crippen LogP contribution is 2.35. The molecule has 3 aromatic rings. The van der Waals surface area contributed by atoms with Gasteiger partial charge < -0.3 is 15.7 Å². The van der Waals surface area contributed by atoms with Gasteiger partial charge in [-0.1, -0.05) is 5.92 Å². The lowest BCUT2D eigenvalue weighted by molar-refractivity contribution is 0.476. The van der Waals surface area contributed by atoms with Crippen LogP contribution in [0.1, 0.15) is 18.4 Å². The predicted octanol–water partition coefficient (Wildman–Crippen LogP) is 3.29. The van der Waals surface area contributed by atoms with Crippen LogP contribution in [0.5, 0.6) is 5.75 Å². The van der Waals surface area contributed by atoms with Crippen LogP contribution in [0.15, 0.2) is 36.4 Å². The second-order valence-corrected chi connectivity index (χ2v) is 6.65. The summed E-state index contributed by atoms with van der Waals surface area (Å²) < 4.78 is 13.9. The molecule has 1 aromatic heterocycles. The number of phenols is 1. The molecule has 4 rings (SSSR count). The number of anilines is 1. The lowest BCUT2D eigenvalue weighted by atomic mass is 10.0. The summed E-state index contributed by atoms with van der Waals surface area (Å²) in [6, 6.07) is 9.64. The normalized spacial score (nSPS) is 16.8. The first-order chi connectivity index (χ1) is 13.2. The Morgan fingerprint density at radius 3 is 2.81 bits per heavy atom. The molecule has 0 bridgehead atoms. The lowest BCUT2D eigenvalue weighted by Crippen LogP contribution is -2.38. The van der Waals surface area contributed by atoms with Crippen molar-refractivity contribution in [2.75, 3.05) is 18.4 Å². The maximum Gasteiger partial charge on any atom is 0.156 e. The van der Waals surface area contributed by atoms with Gasteiger partial charge in [-0.05, 0) is 55.8 Å². The number of nitrogens with one attached hydrogen (secondary N) is 2. The largest absolute Gasteiger partial charge is 0.507 e. The first-order valence-corrected chi connectivity index (χ1v) is 8.89. The molecule has 0 amide bonds. The van der Waals surface area contributed by atoms with E-state index in [9.17, 15) is 9.50 Å². The zero-order valence-electron chi connectivity index (χ0n) is 14.7. The van der Waals surface area contributed by atoms with Gasteiger partial charge in [-0.15, -0.1) is 16.6 Å². The van der Waals surface area contributed by atoms with E-state index < -0.39 is 0 Å². The smallest absolute Gasteiger partial charge is 0.156 e. The van der Waals surface area contributed by atoms with Gasteiger partial charge in [0.2, 0.25) is 0 Å². The van der Waals surface area contributed by atoms with Gasteiger partial charge in [0.25, 0.3) is 0 Å². The fourth-order valence-corrected chi connectivity index (χ4v) is 3.42. The maximum absolute atomic E-state index is 13.9. The van der Waals surface area contributed by atoms with Gasteiger partial charge in [-0.2, -0.15) is 0 Å². The topological polar surface area (TPSA) is 70.1 Å². The number of halogens is 1. The van der Waals surface area contributed by atoms with E-state index in [0.29, 0.717) is 33.4 Å². The Bertz CT molecular complexity index is 1040. The predicted molar refractivity (Wildman–Crippen MR) is 104 cm³/mol. The summed E-state index contributed by atoms with van der Waals surface area (Å²) in [5.41, 5.74) is 1.56. The molecule has 136 valence electrons. The van der Waals surface area contributed by atoms with Crippen LogP contribution in [0, 0.1) is 18.2 Å². The second-order valence-electron chi connectivity index (χ2n) is 6.65. The summed E-state index contributed by atoms with van der Waals surface area (Å²) in [5, 5.41) is 27.0. The number of piperidine rings is 1.